The van der Waals surface area contributed by atoms with Crippen LogP contribution < -0.4 is 0 Å². The number of esters is 4. The van der Waals surface area contributed by atoms with Crippen molar-refractivity contribution in [2.75, 3.05) is 36.6 Å². The van der Waals surface area contributed by atoms with E-state index in [1.165, 1.54) is 56.8 Å². The number of hydrogen-bond acceptors (Lipinski definition) is 18. The second-order valence-corrected chi connectivity index (χ2v) is 25.0. The first-order valence-corrected chi connectivity index (χ1v) is 25.1. The highest BCUT2D eigenvalue weighted by Crippen LogP contribution is 2.56. The van der Waals surface area contributed by atoms with Gasteiger partial charge >= 0.3 is 23.9 Å². The average molecular weight is 927 g/mol. The van der Waals surface area contributed by atoms with Crippen molar-refractivity contribution in [1.82, 2.24) is 9.80 Å². The van der Waals surface area contributed by atoms with Crippen LogP contribution in [0.2, 0.25) is 0 Å². The molecule has 0 aromatic heterocycles. The fourth-order valence-electron chi connectivity index (χ4n) is 6.25. The number of amides is 2. The van der Waals surface area contributed by atoms with Crippen LogP contribution in [0.15, 0.2) is 19.9 Å². The van der Waals surface area contributed by atoms with E-state index in [4.69, 9.17) is 18.9 Å². The third-order valence-electron chi connectivity index (χ3n) is 9.53. The number of thioether (sulfide) groups is 4. The Labute approximate surface area is 359 Å². The highest BCUT2D eigenvalue weighted by atomic mass is 32.2. The van der Waals surface area contributed by atoms with E-state index in [-0.39, 0.29) is 44.5 Å². The molecular weight excluding hydrogens is 877 g/mol. The number of aliphatic hydroxyl groups excluding tert-OH is 2. The molecule has 0 aromatic carbocycles. The zero-order chi connectivity index (χ0) is 43.0. The fraction of sp³-hybridized carbons (Fsp3) is 0.722. The molecule has 58 heavy (non-hydrogen) atoms. The van der Waals surface area contributed by atoms with Crippen molar-refractivity contribution in [3.05, 3.63) is 19.9 Å². The van der Waals surface area contributed by atoms with Crippen molar-refractivity contribution >= 4 is 104 Å². The molecule has 22 heteroatoms. The summed E-state index contributed by atoms with van der Waals surface area (Å²) in [6.07, 6.45) is -0.120. The van der Waals surface area contributed by atoms with Gasteiger partial charge in [-0.25, -0.2) is 9.59 Å². The summed E-state index contributed by atoms with van der Waals surface area (Å²) in [5.41, 5.74) is -1.21. The lowest BCUT2D eigenvalue weighted by Crippen LogP contribution is -2.60. The molecular formula is C36H50N2O14S6. The molecule has 2 N–H and O–H groups in total. The van der Waals surface area contributed by atoms with Gasteiger partial charge in [0.05, 0.1) is 43.3 Å². The second kappa shape index (κ2) is 18.9. The molecule has 0 radical (unpaired) electrons. The molecule has 4 saturated heterocycles. The number of hydrogen-bond donors (Lipinski definition) is 2. The van der Waals surface area contributed by atoms with Crippen molar-refractivity contribution in [3.63, 3.8) is 0 Å². The molecule has 0 spiro atoms. The molecule has 6 heterocycles. The molecule has 2 amide bonds. The number of ether oxygens (including phenoxy) is 4. The van der Waals surface area contributed by atoms with Gasteiger partial charge in [0.1, 0.15) is 10.7 Å². The van der Waals surface area contributed by atoms with Gasteiger partial charge < -0.3 is 29.2 Å². The van der Waals surface area contributed by atoms with Crippen LogP contribution in [-0.4, -0.2) is 134 Å². The van der Waals surface area contributed by atoms with Crippen molar-refractivity contribution in [2.45, 2.75) is 102 Å². The maximum Gasteiger partial charge on any atom is 0.359 e. The zero-order valence-electron chi connectivity index (χ0n) is 33.4. The van der Waals surface area contributed by atoms with Gasteiger partial charge in [-0.15, -0.1) is 23.5 Å². The summed E-state index contributed by atoms with van der Waals surface area (Å²) in [4.78, 5) is 76.8. The Balaban J connectivity index is 0.000000221. The molecule has 0 saturated carbocycles. The van der Waals surface area contributed by atoms with Crippen molar-refractivity contribution in [2.24, 2.45) is 22.7 Å². The first-order chi connectivity index (χ1) is 27.0. The highest BCUT2D eigenvalue weighted by molar-refractivity contribution is 8.23. The van der Waals surface area contributed by atoms with Gasteiger partial charge in [0.2, 0.25) is 25.4 Å². The molecule has 0 unspecified atom stereocenters. The van der Waals surface area contributed by atoms with Crippen LogP contribution in [0.5, 0.6) is 0 Å². The summed E-state index contributed by atoms with van der Waals surface area (Å²) in [7, 11) is -1.73. The lowest BCUT2D eigenvalue weighted by atomic mass is 9.92. The molecule has 16 nitrogen and oxygen atoms in total. The summed E-state index contributed by atoms with van der Waals surface area (Å²) < 4.78 is 44.9. The number of fused-ring (bicyclic) bond motifs is 2. The fourth-order valence-corrected chi connectivity index (χ4v) is 16.7. The van der Waals surface area contributed by atoms with Crippen LogP contribution in [-0.2, 0) is 69.3 Å². The minimum absolute atomic E-state index is 0.0960. The van der Waals surface area contributed by atoms with Crippen molar-refractivity contribution in [1.29, 1.82) is 0 Å². The normalized spacial score (nSPS) is 30.1. The Morgan fingerprint density at radius 1 is 0.690 bits per heavy atom. The second-order valence-electron chi connectivity index (χ2n) is 16.4. The molecule has 0 aliphatic carbocycles. The van der Waals surface area contributed by atoms with Gasteiger partial charge in [-0.3, -0.25) is 37.4 Å². The Morgan fingerprint density at radius 3 is 1.31 bits per heavy atom. The van der Waals surface area contributed by atoms with Gasteiger partial charge in [-0.05, 0) is 68.2 Å². The average Bonchev–Trinajstić information content (AvgIpc) is 3.87. The predicted molar refractivity (Wildman–Crippen MR) is 222 cm³/mol. The van der Waals surface area contributed by atoms with Crippen molar-refractivity contribution < 1.29 is 66.3 Å². The van der Waals surface area contributed by atoms with Crippen LogP contribution in [0.25, 0.3) is 0 Å². The first-order valence-electron chi connectivity index (χ1n) is 18.6. The molecule has 10 atom stereocenters. The number of carbonyl (C=O) groups is 6. The first kappa shape index (κ1) is 47.0. The van der Waals surface area contributed by atoms with E-state index in [2.05, 4.69) is 0 Å². The molecule has 6 aliphatic rings. The minimum atomic E-state index is -0.864. The Bertz CT molecular complexity index is 1680. The largest absolute Gasteiger partial charge is 0.427 e. The number of aliphatic hydroxyl groups is 2. The van der Waals surface area contributed by atoms with Gasteiger partial charge in [-0.1, -0.05) is 23.5 Å². The molecule has 324 valence electrons. The third kappa shape index (κ3) is 10.5. The monoisotopic (exact) mass is 926 g/mol. The van der Waals surface area contributed by atoms with E-state index in [9.17, 15) is 47.4 Å². The van der Waals surface area contributed by atoms with Gasteiger partial charge in [0, 0.05) is 55.1 Å². The standard InChI is InChI=1S/2C18H25NO7S3/c2*1-9(20)11-13(21)19-12(15(22)25-8-26-17(23)18(2,3)4)16(28-14(11)19)27-10-5-6-29(24)7-10/h2*9-11,14,20H,5-8H2,1-4H3/t9-,10+,11+,14-,29-;9-,10-,11+,14-,29-/m11/s1. The number of carbonyl (C=O) groups excluding carboxylic acids is 6. The minimum Gasteiger partial charge on any atom is -0.427 e. The highest BCUT2D eigenvalue weighted by Gasteiger charge is 2.59. The van der Waals surface area contributed by atoms with Crippen molar-refractivity contribution in [3.8, 4) is 0 Å². The smallest absolute Gasteiger partial charge is 0.359 e. The number of β-lactam (4-membered cyclic amide) rings is 2. The lowest BCUT2D eigenvalue weighted by Gasteiger charge is -2.43. The van der Waals surface area contributed by atoms with Crippen LogP contribution in [0.3, 0.4) is 0 Å². The quantitative estimate of drug-likeness (QED) is 0.163. The van der Waals surface area contributed by atoms with E-state index in [0.29, 0.717) is 31.5 Å². The Hall–Kier alpha value is -2.08. The third-order valence-corrected chi connectivity index (χ3v) is 18.6. The summed E-state index contributed by atoms with van der Waals surface area (Å²) in [6.45, 7) is 12.1. The SMILES string of the molecule is C[C@@H](O)[C@H]1C(=O)N2C(C(=O)OCOC(=O)C(C)(C)C)=C(S[C@@H]3CC[S@@](=O)C3)S[C@H]12.C[C@@H](O)[C@H]1C(=O)N2C(C(=O)OCOC(=O)C(C)(C)C)=C(S[C@H]3CC[S@@](=O)C3)S[C@H]12. The molecule has 0 bridgehead atoms. The maximum absolute atomic E-state index is 12.7. The summed E-state index contributed by atoms with van der Waals surface area (Å²) in [5, 5.41) is 19.3. The van der Waals surface area contributed by atoms with Gasteiger partial charge in [0.15, 0.2) is 11.4 Å². The topological polar surface area (TPSA) is 220 Å². The van der Waals surface area contributed by atoms with Gasteiger partial charge in [-0.2, -0.15) is 0 Å². The van der Waals surface area contributed by atoms with E-state index >= 15 is 0 Å². The molecule has 6 aliphatic heterocycles. The van der Waals surface area contributed by atoms with Crippen LogP contribution in [0.1, 0.15) is 68.2 Å². The summed E-state index contributed by atoms with van der Waals surface area (Å²) in [5.74, 6) is -2.01. The molecule has 0 aromatic rings. The maximum atomic E-state index is 12.7. The van der Waals surface area contributed by atoms with Crippen LogP contribution in [0, 0.1) is 22.7 Å². The van der Waals surface area contributed by atoms with E-state index in [1.54, 1.807) is 55.4 Å². The predicted octanol–water partition coefficient (Wildman–Crippen LogP) is 2.82. The lowest BCUT2D eigenvalue weighted by molar-refractivity contribution is -0.175. The number of nitrogens with zero attached hydrogens (tertiary/aromatic N) is 2. The Morgan fingerprint density at radius 2 is 1.03 bits per heavy atom. The van der Waals surface area contributed by atoms with E-state index in [0.717, 1.165) is 12.8 Å². The molecule has 4 fully saturated rings. The summed E-state index contributed by atoms with van der Waals surface area (Å²) >= 11 is 5.55. The summed E-state index contributed by atoms with van der Waals surface area (Å²) in [6, 6.07) is 0. The van der Waals surface area contributed by atoms with E-state index < -0.39 is 93.9 Å². The molecule has 6 rings (SSSR count). The van der Waals surface area contributed by atoms with E-state index in [1.807, 2.05) is 0 Å². The zero-order valence-corrected chi connectivity index (χ0v) is 38.3. The van der Waals surface area contributed by atoms with Crippen LogP contribution in [0.4, 0.5) is 0 Å². The number of rotatable bonds is 12. The Kier molecular flexibility index (Phi) is 15.3. The van der Waals surface area contributed by atoms with Crippen LogP contribution >= 0.6 is 47.0 Å². The van der Waals surface area contributed by atoms with Gasteiger partial charge in [0.25, 0.3) is 0 Å².